The molecular weight excluding hydrogens is 359 g/mol. The molecule has 0 heterocycles. The van der Waals surface area contributed by atoms with E-state index >= 15 is 0 Å². The first kappa shape index (κ1) is 19.5. The second-order valence-electron chi connectivity index (χ2n) is 6.27. The third-order valence-corrected chi connectivity index (χ3v) is 5.14. The Morgan fingerprint density at radius 2 is 1.42 bits per heavy atom. The molecule has 0 saturated heterocycles. The van der Waals surface area contributed by atoms with Crippen LogP contribution in [0.1, 0.15) is 18.4 Å². The number of rotatable bonds is 6. The molecule has 4 aromatic rings. The molecule has 0 amide bonds. The van der Waals surface area contributed by atoms with Gasteiger partial charge in [0.1, 0.15) is 0 Å². The monoisotopic (exact) mass is 376 g/mol. The van der Waals surface area contributed by atoms with Crippen molar-refractivity contribution < 1.29 is 46.7 Å². The van der Waals surface area contributed by atoms with Crippen molar-refractivity contribution in [1.29, 1.82) is 0 Å². The summed E-state index contributed by atoms with van der Waals surface area (Å²) in [6.45, 7) is -0.0579. The Balaban J connectivity index is 0.00000196. The molecule has 0 fully saturated rings. The Morgan fingerprint density at radius 3 is 2.12 bits per heavy atom. The van der Waals surface area contributed by atoms with Crippen molar-refractivity contribution in [3.8, 4) is 0 Å². The van der Waals surface area contributed by atoms with Crippen molar-refractivity contribution in [2.24, 2.45) is 0 Å². The Labute approximate surface area is 174 Å². The van der Waals surface area contributed by atoms with Crippen LogP contribution >= 0.6 is 0 Å². The standard InChI is InChI=1S/C20H18O4S.Na/c21-25(22,23)24-13-2-1-4-14-7-8-17-10-9-15-5-3-6-16-11-12-18(14)20(17)19(15)16;/h3,5-12H,1-2,4,13H2,(H,21,22,23);/q;+1/p-1. The van der Waals surface area contributed by atoms with E-state index in [1.807, 2.05) is 0 Å². The van der Waals surface area contributed by atoms with Gasteiger partial charge in [0.25, 0.3) is 0 Å². The molecule has 0 saturated carbocycles. The number of hydrogen-bond acceptors (Lipinski definition) is 4. The molecule has 0 aliphatic carbocycles. The molecule has 0 bridgehead atoms. The van der Waals surface area contributed by atoms with Crippen molar-refractivity contribution in [2.45, 2.75) is 19.3 Å². The first-order valence-electron chi connectivity index (χ1n) is 8.28. The summed E-state index contributed by atoms with van der Waals surface area (Å²) in [4.78, 5) is 0. The Morgan fingerprint density at radius 1 is 0.808 bits per heavy atom. The number of hydrogen-bond donors (Lipinski definition) is 0. The smallest absolute Gasteiger partial charge is 0.726 e. The van der Waals surface area contributed by atoms with Crippen molar-refractivity contribution in [1.82, 2.24) is 0 Å². The number of aryl methyl sites for hydroxylation is 1. The Bertz CT molecular complexity index is 1140. The minimum Gasteiger partial charge on any atom is -0.726 e. The first-order valence-corrected chi connectivity index (χ1v) is 9.62. The van der Waals surface area contributed by atoms with Gasteiger partial charge in [-0.3, -0.25) is 4.18 Å². The van der Waals surface area contributed by atoms with Gasteiger partial charge in [0.05, 0.1) is 6.61 Å². The van der Waals surface area contributed by atoms with Crippen LogP contribution in [0.25, 0.3) is 32.3 Å². The molecule has 0 aliphatic rings. The third-order valence-electron chi connectivity index (χ3n) is 4.69. The van der Waals surface area contributed by atoms with Gasteiger partial charge in [-0.15, -0.1) is 0 Å². The summed E-state index contributed by atoms with van der Waals surface area (Å²) in [5.74, 6) is 0. The van der Waals surface area contributed by atoms with Crippen molar-refractivity contribution in [3.63, 3.8) is 0 Å². The fourth-order valence-electron chi connectivity index (χ4n) is 3.59. The van der Waals surface area contributed by atoms with Gasteiger partial charge in [-0.2, -0.15) is 0 Å². The summed E-state index contributed by atoms with van der Waals surface area (Å²) >= 11 is 0. The van der Waals surface area contributed by atoms with Crippen LogP contribution in [-0.4, -0.2) is 19.6 Å². The molecule has 0 aliphatic heterocycles. The third kappa shape index (κ3) is 3.88. The fourth-order valence-corrected chi connectivity index (χ4v) is 3.91. The van der Waals surface area contributed by atoms with Crippen LogP contribution < -0.4 is 29.6 Å². The Kier molecular flexibility index (Phi) is 5.87. The topological polar surface area (TPSA) is 66.4 Å². The molecule has 4 rings (SSSR count). The summed E-state index contributed by atoms with van der Waals surface area (Å²) in [6, 6.07) is 19.2. The molecule has 26 heavy (non-hydrogen) atoms. The molecule has 0 atom stereocenters. The van der Waals surface area contributed by atoms with Crippen LogP contribution in [0.2, 0.25) is 0 Å². The fraction of sp³-hybridized carbons (Fsp3) is 0.200. The second kappa shape index (κ2) is 7.80. The van der Waals surface area contributed by atoms with Gasteiger partial charge in [-0.05, 0) is 57.1 Å². The van der Waals surface area contributed by atoms with Crippen LogP contribution in [-0.2, 0) is 21.0 Å². The van der Waals surface area contributed by atoms with Crippen LogP contribution in [0.5, 0.6) is 0 Å². The number of unbranched alkanes of at least 4 members (excludes halogenated alkanes) is 1. The average molecular weight is 376 g/mol. The summed E-state index contributed by atoms with van der Waals surface area (Å²) in [5, 5.41) is 7.51. The van der Waals surface area contributed by atoms with Crippen molar-refractivity contribution in [3.05, 3.63) is 60.2 Å². The van der Waals surface area contributed by atoms with Gasteiger partial charge in [-0.1, -0.05) is 54.6 Å². The summed E-state index contributed by atoms with van der Waals surface area (Å²) in [6.07, 6.45) is 2.11. The average Bonchev–Trinajstić information content (AvgIpc) is 2.59. The molecule has 4 nitrogen and oxygen atoms in total. The van der Waals surface area contributed by atoms with E-state index in [2.05, 4.69) is 58.8 Å². The predicted octanol–water partition coefficient (Wildman–Crippen LogP) is 1.39. The molecule has 0 spiro atoms. The van der Waals surface area contributed by atoms with E-state index in [0.29, 0.717) is 6.42 Å². The predicted molar refractivity (Wildman–Crippen MR) is 98.7 cm³/mol. The largest absolute Gasteiger partial charge is 1.00 e. The van der Waals surface area contributed by atoms with Gasteiger partial charge >= 0.3 is 29.6 Å². The molecule has 0 aromatic heterocycles. The molecule has 0 radical (unpaired) electrons. The molecular formula is C20H17NaO4S. The Hall–Kier alpha value is -1.21. The van der Waals surface area contributed by atoms with Gasteiger partial charge in [0.15, 0.2) is 0 Å². The maximum Gasteiger partial charge on any atom is 1.00 e. The van der Waals surface area contributed by atoms with E-state index in [9.17, 15) is 13.0 Å². The molecule has 4 aromatic carbocycles. The minimum absolute atomic E-state index is 0. The molecule has 0 N–H and O–H groups in total. The summed E-state index contributed by atoms with van der Waals surface area (Å²) in [5.41, 5.74) is 1.23. The maximum absolute atomic E-state index is 10.5. The van der Waals surface area contributed by atoms with Gasteiger partial charge < -0.3 is 4.55 Å². The zero-order valence-corrected chi connectivity index (χ0v) is 17.4. The number of benzene rings is 4. The zero-order valence-electron chi connectivity index (χ0n) is 14.6. The van der Waals surface area contributed by atoms with Gasteiger partial charge in [0.2, 0.25) is 10.4 Å². The molecule has 128 valence electrons. The van der Waals surface area contributed by atoms with Crippen LogP contribution in [0.4, 0.5) is 0 Å². The van der Waals surface area contributed by atoms with E-state index in [0.717, 1.165) is 12.8 Å². The zero-order chi connectivity index (χ0) is 17.4. The maximum atomic E-state index is 10.5. The normalized spacial score (nSPS) is 12.0. The van der Waals surface area contributed by atoms with E-state index in [1.54, 1.807) is 0 Å². The van der Waals surface area contributed by atoms with Gasteiger partial charge in [-0.25, -0.2) is 8.42 Å². The SMILES string of the molecule is O=S(=O)([O-])OCCCCc1ccc2ccc3cccc4ccc1c2c34.[Na+]. The van der Waals surface area contributed by atoms with E-state index in [1.165, 1.54) is 37.9 Å². The van der Waals surface area contributed by atoms with E-state index in [4.69, 9.17) is 0 Å². The quantitative estimate of drug-likeness (QED) is 0.168. The molecule has 0 unspecified atom stereocenters. The minimum atomic E-state index is -4.59. The summed E-state index contributed by atoms with van der Waals surface area (Å²) in [7, 11) is -4.59. The van der Waals surface area contributed by atoms with Crippen LogP contribution in [0.3, 0.4) is 0 Å². The first-order chi connectivity index (χ1) is 12.0. The van der Waals surface area contributed by atoms with E-state index < -0.39 is 10.4 Å². The van der Waals surface area contributed by atoms with Crippen LogP contribution in [0, 0.1) is 0 Å². The summed E-state index contributed by atoms with van der Waals surface area (Å²) < 4.78 is 35.6. The van der Waals surface area contributed by atoms with E-state index in [-0.39, 0.29) is 36.2 Å². The van der Waals surface area contributed by atoms with Gasteiger partial charge in [0, 0.05) is 0 Å². The van der Waals surface area contributed by atoms with Crippen molar-refractivity contribution in [2.75, 3.05) is 6.61 Å². The van der Waals surface area contributed by atoms with Crippen molar-refractivity contribution >= 4 is 42.7 Å². The molecule has 6 heteroatoms. The van der Waals surface area contributed by atoms with Crippen LogP contribution in [0.15, 0.2) is 54.6 Å². The second-order valence-corrected chi connectivity index (χ2v) is 7.32.